The molecule has 0 amide bonds. The Balaban J connectivity index is 2.04. The molecule has 1 aromatic carbocycles. The fraction of sp³-hybridized carbons (Fsp3) is 0.529. The van der Waals surface area contributed by atoms with Gasteiger partial charge < -0.3 is 15.0 Å². The summed E-state index contributed by atoms with van der Waals surface area (Å²) in [6.45, 7) is 4.38. The van der Waals surface area contributed by atoms with Crippen LogP contribution in [0.1, 0.15) is 38.9 Å². The van der Waals surface area contributed by atoms with Crippen LogP contribution in [0.3, 0.4) is 0 Å². The predicted octanol–water partition coefficient (Wildman–Crippen LogP) is 2.11. The Kier molecular flexibility index (Phi) is 5.05. The number of nitrogens with two attached hydrogens (primary N) is 1. The van der Waals surface area contributed by atoms with Crippen LogP contribution in [0, 0.1) is 0 Å². The van der Waals surface area contributed by atoms with E-state index in [9.17, 15) is 8.42 Å². The van der Waals surface area contributed by atoms with Gasteiger partial charge in [0.15, 0.2) is 5.82 Å². The van der Waals surface area contributed by atoms with Crippen molar-refractivity contribution in [3.8, 4) is 17.2 Å². The minimum absolute atomic E-state index is 0.155. The van der Waals surface area contributed by atoms with Gasteiger partial charge in [-0.15, -0.1) is 0 Å². The molecule has 1 fully saturated rings. The molecule has 1 heterocycles. The number of nitrogens with zero attached hydrogens (tertiary/aromatic N) is 3. The highest BCUT2D eigenvalue weighted by atomic mass is 32.2. The van der Waals surface area contributed by atoms with Crippen molar-refractivity contribution in [3.05, 3.63) is 24.0 Å². The molecule has 3 rings (SSSR count). The van der Waals surface area contributed by atoms with Gasteiger partial charge in [-0.3, -0.25) is 0 Å². The van der Waals surface area contributed by atoms with Crippen molar-refractivity contribution in [2.45, 2.75) is 43.5 Å². The number of hydrogen-bond donors (Lipinski definition) is 1. The molecule has 26 heavy (non-hydrogen) atoms. The van der Waals surface area contributed by atoms with Crippen LogP contribution in [0.25, 0.3) is 11.5 Å². The van der Waals surface area contributed by atoms with E-state index >= 15 is 0 Å². The van der Waals surface area contributed by atoms with Crippen molar-refractivity contribution < 1.29 is 17.7 Å². The maximum atomic E-state index is 12.8. The van der Waals surface area contributed by atoms with Gasteiger partial charge in [0.05, 0.1) is 23.1 Å². The fourth-order valence-electron chi connectivity index (χ4n) is 3.04. The lowest BCUT2D eigenvalue weighted by Gasteiger charge is -2.34. The largest absolute Gasteiger partial charge is 0.496 e. The molecule has 0 saturated heterocycles. The highest BCUT2D eigenvalue weighted by Gasteiger charge is 2.39. The summed E-state index contributed by atoms with van der Waals surface area (Å²) in [5, 5.41) is 3.99. The zero-order valence-electron chi connectivity index (χ0n) is 15.2. The Morgan fingerprint density at radius 3 is 2.54 bits per heavy atom. The summed E-state index contributed by atoms with van der Waals surface area (Å²) in [7, 11) is -2.10. The lowest BCUT2D eigenvalue weighted by Crippen LogP contribution is -2.44. The van der Waals surface area contributed by atoms with E-state index in [0.29, 0.717) is 30.2 Å². The molecular weight excluding hydrogens is 356 g/mol. The lowest BCUT2D eigenvalue weighted by molar-refractivity contribution is 0.229. The van der Waals surface area contributed by atoms with E-state index in [4.69, 9.17) is 15.0 Å². The molecule has 1 aromatic heterocycles. The molecule has 1 saturated carbocycles. The lowest BCUT2D eigenvalue weighted by atomic mass is 9.77. The average molecular weight is 380 g/mol. The van der Waals surface area contributed by atoms with Gasteiger partial charge >= 0.3 is 0 Å². The van der Waals surface area contributed by atoms with Gasteiger partial charge in [-0.2, -0.15) is 9.29 Å². The summed E-state index contributed by atoms with van der Waals surface area (Å²) < 4.78 is 37.7. The number of methoxy groups -OCH3 is 1. The van der Waals surface area contributed by atoms with E-state index in [-0.39, 0.29) is 10.8 Å². The van der Waals surface area contributed by atoms with Crippen molar-refractivity contribution in [2.75, 3.05) is 20.2 Å². The molecule has 0 bridgehead atoms. The van der Waals surface area contributed by atoms with E-state index < -0.39 is 15.6 Å². The summed E-state index contributed by atoms with van der Waals surface area (Å²) in [5.74, 6) is 1.10. The molecule has 2 N–H and O–H groups in total. The molecule has 0 atom stereocenters. The molecule has 9 heteroatoms. The van der Waals surface area contributed by atoms with Crippen LogP contribution in [0.5, 0.6) is 5.75 Å². The van der Waals surface area contributed by atoms with Crippen molar-refractivity contribution >= 4 is 10.0 Å². The molecule has 1 aliphatic carbocycles. The van der Waals surface area contributed by atoms with Gasteiger partial charge in [0.25, 0.3) is 5.89 Å². The zero-order valence-corrected chi connectivity index (χ0v) is 16.0. The Hall–Kier alpha value is -1.97. The van der Waals surface area contributed by atoms with Crippen molar-refractivity contribution in [2.24, 2.45) is 5.73 Å². The smallest absolute Gasteiger partial charge is 0.261 e. The third kappa shape index (κ3) is 3.10. The Morgan fingerprint density at radius 2 is 2.00 bits per heavy atom. The molecule has 1 aliphatic rings. The number of hydrogen-bond acceptors (Lipinski definition) is 7. The van der Waals surface area contributed by atoms with Crippen molar-refractivity contribution in [1.82, 2.24) is 14.4 Å². The van der Waals surface area contributed by atoms with Gasteiger partial charge in [0.1, 0.15) is 5.75 Å². The molecular formula is C17H24N4O4S. The first-order valence-corrected chi connectivity index (χ1v) is 10.1. The van der Waals surface area contributed by atoms with E-state index in [0.717, 1.165) is 19.3 Å². The summed E-state index contributed by atoms with van der Waals surface area (Å²) in [6.07, 6.45) is 2.64. The van der Waals surface area contributed by atoms with Gasteiger partial charge in [-0.1, -0.05) is 19.0 Å². The third-order valence-corrected chi connectivity index (χ3v) is 6.91. The van der Waals surface area contributed by atoms with E-state index in [1.165, 1.54) is 23.5 Å². The molecule has 0 unspecified atom stereocenters. The maximum Gasteiger partial charge on any atom is 0.261 e. The standard InChI is InChI=1S/C17H24N4O4S/c1-4-21(5-2)26(22,23)12-7-8-14(24-3)13(11-12)15-19-16(20-25-15)17(18)9-6-10-17/h7-8,11H,4-6,9-10,18H2,1-3H3. The number of aromatic nitrogens is 2. The average Bonchev–Trinajstić information content (AvgIpc) is 3.10. The van der Waals surface area contributed by atoms with Crippen LogP contribution in [0.2, 0.25) is 0 Å². The van der Waals surface area contributed by atoms with E-state index in [1.807, 2.05) is 0 Å². The monoisotopic (exact) mass is 380 g/mol. The maximum absolute atomic E-state index is 12.8. The zero-order chi connectivity index (χ0) is 18.9. The quantitative estimate of drug-likeness (QED) is 0.783. The molecule has 142 valence electrons. The van der Waals surface area contributed by atoms with Crippen LogP contribution in [-0.4, -0.2) is 43.1 Å². The molecule has 8 nitrogen and oxygen atoms in total. The molecule has 0 aliphatic heterocycles. The second-order valence-corrected chi connectivity index (χ2v) is 8.32. The minimum atomic E-state index is -3.61. The summed E-state index contributed by atoms with van der Waals surface area (Å²) in [5.41, 5.74) is 6.12. The molecule has 0 spiro atoms. The highest BCUT2D eigenvalue weighted by molar-refractivity contribution is 7.89. The normalized spacial score (nSPS) is 16.5. The van der Waals surface area contributed by atoms with Crippen LogP contribution >= 0.6 is 0 Å². The SMILES string of the molecule is CCN(CC)S(=O)(=O)c1ccc(OC)c(-c2nc(C3(N)CCC3)no2)c1. The van der Waals surface area contributed by atoms with Crippen LogP contribution in [-0.2, 0) is 15.6 Å². The third-order valence-electron chi connectivity index (χ3n) is 4.86. The predicted molar refractivity (Wildman–Crippen MR) is 96.1 cm³/mol. The number of sulfonamides is 1. The molecule has 0 radical (unpaired) electrons. The highest BCUT2D eigenvalue weighted by Crippen LogP contribution is 2.39. The Morgan fingerprint density at radius 1 is 1.31 bits per heavy atom. The first kappa shape index (κ1) is 18.8. The van der Waals surface area contributed by atoms with Gasteiger partial charge in [-0.25, -0.2) is 8.42 Å². The van der Waals surface area contributed by atoms with E-state index in [1.54, 1.807) is 19.9 Å². The van der Waals surface area contributed by atoms with Crippen molar-refractivity contribution in [3.63, 3.8) is 0 Å². The van der Waals surface area contributed by atoms with Crippen LogP contribution in [0.15, 0.2) is 27.6 Å². The van der Waals surface area contributed by atoms with Crippen LogP contribution < -0.4 is 10.5 Å². The Labute approximate surface area is 153 Å². The second kappa shape index (κ2) is 6.98. The topological polar surface area (TPSA) is 112 Å². The first-order chi connectivity index (χ1) is 12.4. The van der Waals surface area contributed by atoms with Crippen LogP contribution in [0.4, 0.5) is 0 Å². The Bertz CT molecular complexity index is 886. The summed E-state index contributed by atoms with van der Waals surface area (Å²) in [6, 6.07) is 4.62. The molecule has 2 aromatic rings. The number of rotatable bonds is 7. The van der Waals surface area contributed by atoms with Crippen molar-refractivity contribution in [1.29, 1.82) is 0 Å². The fourth-order valence-corrected chi connectivity index (χ4v) is 4.53. The number of benzene rings is 1. The number of ether oxygens (including phenoxy) is 1. The van der Waals surface area contributed by atoms with Gasteiger partial charge in [0, 0.05) is 13.1 Å². The summed E-state index contributed by atoms with van der Waals surface area (Å²) >= 11 is 0. The minimum Gasteiger partial charge on any atom is -0.496 e. The summed E-state index contributed by atoms with van der Waals surface area (Å²) in [4.78, 5) is 4.56. The van der Waals surface area contributed by atoms with E-state index in [2.05, 4.69) is 10.1 Å². The van der Waals surface area contributed by atoms with Gasteiger partial charge in [-0.05, 0) is 37.5 Å². The second-order valence-electron chi connectivity index (χ2n) is 6.38. The van der Waals surface area contributed by atoms with Gasteiger partial charge in [0.2, 0.25) is 10.0 Å². The first-order valence-electron chi connectivity index (χ1n) is 8.67.